The summed E-state index contributed by atoms with van der Waals surface area (Å²) in [5.41, 5.74) is 5.65. The van der Waals surface area contributed by atoms with Crippen LogP contribution in [0.25, 0.3) is 0 Å². The molecule has 0 radical (unpaired) electrons. The van der Waals surface area contributed by atoms with Gasteiger partial charge in [-0.15, -0.1) is 0 Å². The maximum Gasteiger partial charge on any atom is 0.222 e. The van der Waals surface area contributed by atoms with E-state index in [9.17, 15) is 4.79 Å². The summed E-state index contributed by atoms with van der Waals surface area (Å²) >= 11 is 0. The van der Waals surface area contributed by atoms with Crippen molar-refractivity contribution in [3.63, 3.8) is 0 Å². The Morgan fingerprint density at radius 1 is 0.646 bits per heavy atom. The molecule has 48 heavy (non-hydrogen) atoms. The Balaban J connectivity index is 1.27. The third-order valence-corrected chi connectivity index (χ3v) is 9.46. The number of rotatable bonds is 13. The van der Waals surface area contributed by atoms with Crippen LogP contribution in [0.2, 0.25) is 0 Å². The number of Topliss-reactive ketones (excluding diaryl/α,β-unsaturated/α-hetero) is 1. The van der Waals surface area contributed by atoms with Crippen molar-refractivity contribution in [2.45, 2.75) is 70.0 Å². The SMILES string of the molecule is CC1=C2C(CO[C@]23O[C@H](COCc2ccccc2)[C@@H](OCc2ccccc2)[C@H](OCc2ccccc2)[C@H]3OCc2ccccc2)CC1=O. The average molecular weight is 647 g/mol. The minimum atomic E-state index is -1.34. The number of ketones is 1. The van der Waals surface area contributed by atoms with Crippen LogP contribution >= 0.6 is 0 Å². The maximum atomic E-state index is 13.1. The van der Waals surface area contributed by atoms with Crippen LogP contribution in [0.3, 0.4) is 0 Å². The Hall–Kier alpha value is -3.95. The quantitative estimate of drug-likeness (QED) is 0.155. The fourth-order valence-electron chi connectivity index (χ4n) is 7.10. The summed E-state index contributed by atoms with van der Waals surface area (Å²) in [5.74, 6) is -1.31. The molecule has 3 aliphatic rings. The predicted molar refractivity (Wildman–Crippen MR) is 181 cm³/mol. The number of allylic oxidation sites excluding steroid dienone is 1. The lowest BCUT2D eigenvalue weighted by Crippen LogP contribution is -2.67. The Bertz CT molecular complexity index is 1660. The van der Waals surface area contributed by atoms with Gasteiger partial charge in [-0.3, -0.25) is 4.79 Å². The molecule has 4 aromatic carbocycles. The zero-order valence-electron chi connectivity index (χ0n) is 27.2. The first kappa shape index (κ1) is 32.6. The predicted octanol–water partition coefficient (Wildman–Crippen LogP) is 6.99. The zero-order valence-corrected chi connectivity index (χ0v) is 27.2. The van der Waals surface area contributed by atoms with Crippen LogP contribution in [0, 0.1) is 5.92 Å². The van der Waals surface area contributed by atoms with Gasteiger partial charge in [-0.25, -0.2) is 0 Å². The number of ether oxygens (including phenoxy) is 6. The van der Waals surface area contributed by atoms with E-state index in [1.165, 1.54) is 0 Å². The van der Waals surface area contributed by atoms with E-state index in [0.29, 0.717) is 45.0 Å². The first-order chi connectivity index (χ1) is 23.6. The van der Waals surface area contributed by atoms with Gasteiger partial charge < -0.3 is 28.4 Å². The molecule has 2 fully saturated rings. The summed E-state index contributed by atoms with van der Waals surface area (Å²) in [7, 11) is 0. The number of carbonyl (C=O) groups excluding carboxylic acids is 1. The van der Waals surface area contributed by atoms with E-state index in [-0.39, 0.29) is 18.3 Å². The highest BCUT2D eigenvalue weighted by atomic mass is 16.7. The third kappa shape index (κ3) is 7.08. The average Bonchev–Trinajstić information content (AvgIpc) is 3.63. The van der Waals surface area contributed by atoms with E-state index < -0.39 is 30.2 Å². The van der Waals surface area contributed by atoms with Crippen molar-refractivity contribution in [3.8, 4) is 0 Å². The Labute approximate surface area is 282 Å². The molecule has 0 bridgehead atoms. The molecule has 1 aliphatic carbocycles. The van der Waals surface area contributed by atoms with E-state index >= 15 is 0 Å². The normalized spacial score (nSPS) is 26.7. The fourth-order valence-corrected chi connectivity index (χ4v) is 7.10. The highest BCUT2D eigenvalue weighted by Crippen LogP contribution is 2.52. The van der Waals surface area contributed by atoms with Gasteiger partial charge >= 0.3 is 0 Å². The van der Waals surface area contributed by atoms with Gasteiger partial charge in [0.2, 0.25) is 5.79 Å². The van der Waals surface area contributed by atoms with Crippen LogP contribution in [0.1, 0.15) is 35.6 Å². The van der Waals surface area contributed by atoms with E-state index in [4.69, 9.17) is 28.4 Å². The molecule has 2 aliphatic heterocycles. The third-order valence-electron chi connectivity index (χ3n) is 9.46. The number of hydrogen-bond donors (Lipinski definition) is 0. The number of carbonyl (C=O) groups is 1. The molecule has 7 heteroatoms. The Morgan fingerprint density at radius 2 is 1.12 bits per heavy atom. The standard InChI is InChI=1S/C41H42O7/c1-29-35(42)22-34-27-47-41(37(29)34)40(46-26-33-20-12-5-13-21-33)39(45-25-32-18-10-4-11-19-32)38(44-24-31-16-8-3-9-17-31)36(48-41)28-43-23-30-14-6-2-7-15-30/h2-21,34,36,38-40H,22-28H2,1H3/t34?,36-,38-,39+,40-,41+/m1/s1. The van der Waals surface area contributed by atoms with Gasteiger partial charge in [0.15, 0.2) is 5.78 Å². The summed E-state index contributed by atoms with van der Waals surface area (Å²) in [6, 6.07) is 40.2. The first-order valence-electron chi connectivity index (χ1n) is 16.7. The lowest BCUT2D eigenvalue weighted by molar-refractivity contribution is -0.358. The molecular formula is C41H42O7. The first-order valence-corrected chi connectivity index (χ1v) is 16.7. The van der Waals surface area contributed by atoms with Crippen molar-refractivity contribution < 1.29 is 33.2 Å². The van der Waals surface area contributed by atoms with Gasteiger partial charge in [-0.1, -0.05) is 121 Å². The molecule has 6 atom stereocenters. The van der Waals surface area contributed by atoms with Crippen molar-refractivity contribution >= 4 is 5.78 Å². The smallest absolute Gasteiger partial charge is 0.222 e. The summed E-state index contributed by atoms with van der Waals surface area (Å²) < 4.78 is 40.7. The second-order valence-electron chi connectivity index (χ2n) is 12.7. The molecule has 2 saturated heterocycles. The lowest BCUT2D eigenvalue weighted by atomic mass is 9.84. The molecule has 7 nitrogen and oxygen atoms in total. The van der Waals surface area contributed by atoms with Crippen LogP contribution < -0.4 is 0 Å². The molecule has 1 spiro atoms. The van der Waals surface area contributed by atoms with Crippen LogP contribution in [-0.4, -0.2) is 49.2 Å². The summed E-state index contributed by atoms with van der Waals surface area (Å²) in [5, 5.41) is 0. The van der Waals surface area contributed by atoms with Gasteiger partial charge in [0.1, 0.15) is 24.4 Å². The van der Waals surface area contributed by atoms with E-state index in [0.717, 1.165) is 27.8 Å². The van der Waals surface area contributed by atoms with Gasteiger partial charge in [0.25, 0.3) is 0 Å². The second kappa shape index (κ2) is 15.1. The monoisotopic (exact) mass is 646 g/mol. The number of fused-ring (bicyclic) bond motifs is 2. The van der Waals surface area contributed by atoms with E-state index in [1.54, 1.807) is 0 Å². The fraction of sp³-hybridized carbons (Fsp3) is 0.341. The summed E-state index contributed by atoms with van der Waals surface area (Å²) in [6.45, 7) is 3.85. The van der Waals surface area contributed by atoms with E-state index in [2.05, 4.69) is 0 Å². The van der Waals surface area contributed by atoms with Gasteiger partial charge in [0, 0.05) is 17.9 Å². The van der Waals surface area contributed by atoms with Crippen molar-refractivity contribution in [1.29, 1.82) is 0 Å². The molecule has 2 heterocycles. The largest absolute Gasteiger partial charge is 0.374 e. The van der Waals surface area contributed by atoms with Crippen LogP contribution in [0.5, 0.6) is 0 Å². The van der Waals surface area contributed by atoms with Crippen molar-refractivity contribution in [2.75, 3.05) is 13.2 Å². The molecule has 248 valence electrons. The summed E-state index contributed by atoms with van der Waals surface area (Å²) in [4.78, 5) is 13.1. The minimum absolute atomic E-state index is 0.0808. The molecule has 0 aromatic heterocycles. The van der Waals surface area contributed by atoms with Crippen molar-refractivity contribution in [2.24, 2.45) is 5.92 Å². The van der Waals surface area contributed by atoms with Crippen LogP contribution in [-0.2, 0) is 59.6 Å². The van der Waals surface area contributed by atoms with Crippen LogP contribution in [0.4, 0.5) is 0 Å². The van der Waals surface area contributed by atoms with Gasteiger partial charge in [0.05, 0.1) is 39.6 Å². The highest BCUT2D eigenvalue weighted by Gasteiger charge is 2.65. The molecular weight excluding hydrogens is 604 g/mol. The summed E-state index contributed by atoms with van der Waals surface area (Å²) in [6.07, 6.45) is -2.16. The van der Waals surface area contributed by atoms with Gasteiger partial charge in [-0.05, 0) is 34.8 Å². The van der Waals surface area contributed by atoms with Gasteiger partial charge in [-0.2, -0.15) is 0 Å². The van der Waals surface area contributed by atoms with Crippen molar-refractivity contribution in [3.05, 3.63) is 155 Å². The molecule has 4 aromatic rings. The van der Waals surface area contributed by atoms with Crippen LogP contribution in [0.15, 0.2) is 132 Å². The second-order valence-corrected chi connectivity index (χ2v) is 12.7. The molecule has 7 rings (SSSR count). The number of hydrogen-bond acceptors (Lipinski definition) is 7. The minimum Gasteiger partial charge on any atom is -0.374 e. The highest BCUT2D eigenvalue weighted by molar-refractivity contribution is 5.99. The molecule has 1 unspecified atom stereocenters. The molecule has 0 N–H and O–H groups in total. The molecule has 0 amide bonds. The Kier molecular flexibility index (Phi) is 10.2. The topological polar surface area (TPSA) is 72.5 Å². The number of benzene rings is 4. The zero-order chi connectivity index (χ0) is 32.8. The van der Waals surface area contributed by atoms with E-state index in [1.807, 2.05) is 128 Å². The lowest BCUT2D eigenvalue weighted by Gasteiger charge is -2.51. The Morgan fingerprint density at radius 3 is 1.67 bits per heavy atom. The maximum absolute atomic E-state index is 13.1. The molecule has 0 saturated carbocycles. The van der Waals surface area contributed by atoms with Crippen molar-refractivity contribution in [1.82, 2.24) is 0 Å².